The number of nitrogens with two attached hydrogens (primary N) is 1. The van der Waals surface area contributed by atoms with Crippen molar-refractivity contribution in [2.75, 3.05) is 5.73 Å². The zero-order valence-corrected chi connectivity index (χ0v) is 9.13. The molecule has 0 fully saturated rings. The summed E-state index contributed by atoms with van der Waals surface area (Å²) in [4.78, 5) is 3.92. The first kappa shape index (κ1) is 11.0. The van der Waals surface area contributed by atoms with Gasteiger partial charge in [0.05, 0.1) is 17.3 Å². The van der Waals surface area contributed by atoms with Crippen LogP contribution in [0.15, 0.2) is 42.7 Å². The summed E-state index contributed by atoms with van der Waals surface area (Å²) >= 11 is 0. The Kier molecular flexibility index (Phi) is 3.22. The van der Waals surface area contributed by atoms with E-state index in [0.717, 1.165) is 5.56 Å². The number of hydrogen-bond donors (Lipinski definition) is 1. The smallest absolute Gasteiger partial charge is 0.142 e. The molecule has 1 heterocycles. The Hall–Kier alpha value is -2.54. The third-order valence-corrected chi connectivity index (χ3v) is 2.28. The fraction of sp³-hybridized carbons (Fsp3) is 0.0769. The maximum atomic E-state index is 8.71. The summed E-state index contributed by atoms with van der Waals surface area (Å²) in [5, 5.41) is 8.71. The van der Waals surface area contributed by atoms with E-state index in [4.69, 9.17) is 15.7 Å². The highest BCUT2D eigenvalue weighted by atomic mass is 16.5. The first-order valence-corrected chi connectivity index (χ1v) is 5.11. The molecule has 1 aromatic heterocycles. The first-order valence-electron chi connectivity index (χ1n) is 5.11. The SMILES string of the molecule is N#Cc1ccc(OCc2ccncc2)c(N)c1. The Morgan fingerprint density at radius 1 is 1.24 bits per heavy atom. The van der Waals surface area contributed by atoms with Gasteiger partial charge in [-0.3, -0.25) is 4.98 Å². The molecule has 17 heavy (non-hydrogen) atoms. The second-order valence-corrected chi connectivity index (χ2v) is 3.51. The third kappa shape index (κ3) is 2.73. The quantitative estimate of drug-likeness (QED) is 0.812. The van der Waals surface area contributed by atoms with Gasteiger partial charge >= 0.3 is 0 Å². The Bertz CT molecular complexity index is 546. The minimum absolute atomic E-state index is 0.429. The van der Waals surface area contributed by atoms with E-state index in [0.29, 0.717) is 23.6 Å². The minimum atomic E-state index is 0.429. The van der Waals surface area contributed by atoms with Crippen LogP contribution in [-0.2, 0) is 6.61 Å². The molecular formula is C13H11N3O. The molecule has 0 radical (unpaired) electrons. The van der Waals surface area contributed by atoms with Gasteiger partial charge in [0.15, 0.2) is 0 Å². The Labute approximate surface area is 99.3 Å². The van der Waals surface area contributed by atoms with Crippen LogP contribution < -0.4 is 10.5 Å². The molecule has 2 aromatic rings. The number of ether oxygens (including phenoxy) is 1. The van der Waals surface area contributed by atoms with E-state index < -0.39 is 0 Å². The van der Waals surface area contributed by atoms with Gasteiger partial charge in [0, 0.05) is 12.4 Å². The Morgan fingerprint density at radius 3 is 2.65 bits per heavy atom. The zero-order chi connectivity index (χ0) is 12.1. The van der Waals surface area contributed by atoms with Crippen LogP contribution in [0.5, 0.6) is 5.75 Å². The first-order chi connectivity index (χ1) is 8.29. The van der Waals surface area contributed by atoms with Gasteiger partial charge in [-0.25, -0.2) is 0 Å². The predicted molar refractivity (Wildman–Crippen MR) is 64.1 cm³/mol. The normalized spacial score (nSPS) is 9.59. The molecule has 1 aromatic carbocycles. The van der Waals surface area contributed by atoms with Crippen LogP contribution in [0.25, 0.3) is 0 Å². The topological polar surface area (TPSA) is 71.9 Å². The highest BCUT2D eigenvalue weighted by Crippen LogP contribution is 2.23. The molecule has 0 amide bonds. The van der Waals surface area contributed by atoms with Crippen LogP contribution >= 0.6 is 0 Å². The summed E-state index contributed by atoms with van der Waals surface area (Å²) in [6.45, 7) is 0.429. The van der Waals surface area contributed by atoms with E-state index in [1.54, 1.807) is 30.6 Å². The molecule has 0 spiro atoms. The number of benzene rings is 1. The average Bonchev–Trinajstić information content (AvgIpc) is 2.38. The van der Waals surface area contributed by atoms with Crippen molar-refractivity contribution in [1.29, 1.82) is 5.26 Å². The Balaban J connectivity index is 2.08. The van der Waals surface area contributed by atoms with E-state index in [2.05, 4.69) is 4.98 Å². The van der Waals surface area contributed by atoms with Crippen LogP contribution in [0.1, 0.15) is 11.1 Å². The van der Waals surface area contributed by atoms with Crippen LogP contribution in [0, 0.1) is 11.3 Å². The summed E-state index contributed by atoms with van der Waals surface area (Å²) in [5.74, 6) is 0.584. The molecule has 0 aliphatic carbocycles. The number of nitrogens with zero attached hydrogens (tertiary/aromatic N) is 2. The fourth-order valence-corrected chi connectivity index (χ4v) is 1.39. The lowest BCUT2D eigenvalue weighted by molar-refractivity contribution is 0.308. The second-order valence-electron chi connectivity index (χ2n) is 3.51. The van der Waals surface area contributed by atoms with Crippen molar-refractivity contribution in [3.63, 3.8) is 0 Å². The largest absolute Gasteiger partial charge is 0.487 e. The number of anilines is 1. The molecule has 0 unspecified atom stereocenters. The molecule has 0 saturated carbocycles. The van der Waals surface area contributed by atoms with Gasteiger partial charge in [0.2, 0.25) is 0 Å². The predicted octanol–water partition coefficient (Wildman–Crippen LogP) is 2.11. The van der Waals surface area contributed by atoms with E-state index in [1.807, 2.05) is 18.2 Å². The summed E-state index contributed by atoms with van der Waals surface area (Å²) in [6, 6.07) is 10.8. The lowest BCUT2D eigenvalue weighted by Crippen LogP contribution is -1.99. The van der Waals surface area contributed by atoms with Gasteiger partial charge in [-0.1, -0.05) is 0 Å². The molecule has 2 N–H and O–H groups in total. The molecular weight excluding hydrogens is 214 g/mol. The third-order valence-electron chi connectivity index (χ3n) is 2.28. The monoisotopic (exact) mass is 225 g/mol. The van der Waals surface area contributed by atoms with Crippen LogP contribution in [-0.4, -0.2) is 4.98 Å². The average molecular weight is 225 g/mol. The van der Waals surface area contributed by atoms with Gasteiger partial charge in [0.1, 0.15) is 12.4 Å². The van der Waals surface area contributed by atoms with Crippen molar-refractivity contribution in [1.82, 2.24) is 4.98 Å². The van der Waals surface area contributed by atoms with Crippen molar-refractivity contribution >= 4 is 5.69 Å². The molecule has 4 heteroatoms. The number of rotatable bonds is 3. The maximum Gasteiger partial charge on any atom is 0.142 e. The maximum absolute atomic E-state index is 8.71. The van der Waals surface area contributed by atoms with Gasteiger partial charge in [0.25, 0.3) is 0 Å². The van der Waals surface area contributed by atoms with Crippen LogP contribution in [0.2, 0.25) is 0 Å². The molecule has 4 nitrogen and oxygen atoms in total. The summed E-state index contributed by atoms with van der Waals surface area (Å²) in [5.41, 5.74) is 7.79. The zero-order valence-electron chi connectivity index (χ0n) is 9.13. The molecule has 0 aliphatic heterocycles. The molecule has 0 saturated heterocycles. The minimum Gasteiger partial charge on any atom is -0.487 e. The Morgan fingerprint density at radius 2 is 2.00 bits per heavy atom. The molecule has 0 bridgehead atoms. The second kappa shape index (κ2) is 4.99. The van der Waals surface area contributed by atoms with Crippen LogP contribution in [0.4, 0.5) is 5.69 Å². The van der Waals surface area contributed by atoms with Gasteiger partial charge in [-0.15, -0.1) is 0 Å². The van der Waals surface area contributed by atoms with Gasteiger partial charge in [-0.2, -0.15) is 5.26 Å². The summed E-state index contributed by atoms with van der Waals surface area (Å²) < 4.78 is 5.56. The van der Waals surface area contributed by atoms with E-state index in [-0.39, 0.29) is 0 Å². The standard InChI is InChI=1S/C13H11N3O/c14-8-11-1-2-13(12(15)7-11)17-9-10-3-5-16-6-4-10/h1-7H,9,15H2. The van der Waals surface area contributed by atoms with E-state index in [9.17, 15) is 0 Å². The van der Waals surface area contributed by atoms with Crippen molar-refractivity contribution in [3.05, 3.63) is 53.9 Å². The van der Waals surface area contributed by atoms with Crippen molar-refractivity contribution < 1.29 is 4.74 Å². The van der Waals surface area contributed by atoms with Gasteiger partial charge < -0.3 is 10.5 Å². The van der Waals surface area contributed by atoms with Crippen LogP contribution in [0.3, 0.4) is 0 Å². The van der Waals surface area contributed by atoms with Gasteiger partial charge in [-0.05, 0) is 35.9 Å². The highest BCUT2D eigenvalue weighted by molar-refractivity contribution is 5.56. The van der Waals surface area contributed by atoms with Crippen molar-refractivity contribution in [2.45, 2.75) is 6.61 Å². The fourth-order valence-electron chi connectivity index (χ4n) is 1.39. The van der Waals surface area contributed by atoms with Crippen molar-refractivity contribution in [2.24, 2.45) is 0 Å². The number of nitriles is 1. The molecule has 2 rings (SSSR count). The number of pyridine rings is 1. The summed E-state index contributed by atoms with van der Waals surface area (Å²) in [6.07, 6.45) is 3.42. The molecule has 84 valence electrons. The van der Waals surface area contributed by atoms with E-state index >= 15 is 0 Å². The molecule has 0 atom stereocenters. The molecule has 0 aliphatic rings. The number of nitrogen functional groups attached to an aromatic ring is 1. The number of hydrogen-bond acceptors (Lipinski definition) is 4. The van der Waals surface area contributed by atoms with E-state index in [1.165, 1.54) is 0 Å². The number of aromatic nitrogens is 1. The highest BCUT2D eigenvalue weighted by Gasteiger charge is 2.02. The van der Waals surface area contributed by atoms with Crippen molar-refractivity contribution in [3.8, 4) is 11.8 Å². The lowest BCUT2D eigenvalue weighted by Gasteiger charge is -2.08. The summed E-state index contributed by atoms with van der Waals surface area (Å²) in [7, 11) is 0. The lowest BCUT2D eigenvalue weighted by atomic mass is 10.2.